The van der Waals surface area contributed by atoms with Crippen LogP contribution in [0, 0.1) is 13.0 Å². The van der Waals surface area contributed by atoms with Crippen LogP contribution >= 0.6 is 0 Å². The molecule has 0 aliphatic rings. The Labute approximate surface area is 29.9 Å². The van der Waals surface area contributed by atoms with Crippen LogP contribution in [-0.4, -0.2) is 0 Å². The van der Waals surface area contributed by atoms with E-state index in [1.54, 1.807) is 6.92 Å². The second kappa shape index (κ2) is 0.482. The molecule has 0 saturated carbocycles. The Morgan fingerprint density at radius 3 is 2.00 bits per heavy atom. The first kappa shape index (κ1) is 2.64. The molecule has 1 aromatic carbocycles. The lowest BCUT2D eigenvalue weighted by atomic mass is 10.7. The highest BCUT2D eigenvalue weighted by atomic mass is 16.1. The number of hydrogen-bond acceptors (Lipinski definition) is 1. The van der Waals surface area contributed by atoms with Crippen molar-refractivity contribution in [2.75, 3.05) is 0 Å². The molecule has 1 heteroatoms. The molecule has 0 fully saturated rings. The van der Waals surface area contributed by atoms with E-state index in [-0.39, 0.29) is 5.43 Å². The zero-order valence-electron chi connectivity index (χ0n) is 2.91. The molecule has 5 heavy (non-hydrogen) atoms. The van der Waals surface area contributed by atoms with Gasteiger partial charge in [0.2, 0.25) is 0 Å². The summed E-state index contributed by atoms with van der Waals surface area (Å²) >= 11 is 0. The van der Waals surface area contributed by atoms with Crippen LogP contribution < -0.4 is 5.43 Å². The van der Waals surface area contributed by atoms with E-state index in [1.807, 2.05) is 0 Å². The van der Waals surface area contributed by atoms with Crippen LogP contribution in [-0.2, 0) is 0 Å². The molecule has 0 spiro atoms. The van der Waals surface area contributed by atoms with Gasteiger partial charge in [-0.15, -0.1) is 0 Å². The Morgan fingerprint density at radius 2 is 2.00 bits per heavy atom. The maximum Gasteiger partial charge on any atom is 0.190 e. The summed E-state index contributed by atoms with van der Waals surface area (Å²) in [4.78, 5) is 9.74. The maximum atomic E-state index is 9.74. The van der Waals surface area contributed by atoms with Gasteiger partial charge in [-0.1, -0.05) is 0 Å². The molecule has 1 rings (SSSR count). The van der Waals surface area contributed by atoms with Crippen LogP contribution in [0.2, 0.25) is 0 Å². The van der Waals surface area contributed by atoms with Gasteiger partial charge >= 0.3 is 0 Å². The SMILES string of the molecule is Cc1[c]c1=O. The summed E-state index contributed by atoms with van der Waals surface area (Å²) in [5, 5.41) is 0. The predicted octanol–water partition coefficient (Wildman–Crippen LogP) is 0.0310. The number of rotatable bonds is 0. The second-order valence-corrected chi connectivity index (χ2v) is 1.08. The predicted molar refractivity (Wildman–Crippen MR) is 18.7 cm³/mol. The molecule has 25 valence electrons. The van der Waals surface area contributed by atoms with Crippen LogP contribution in [0.3, 0.4) is 0 Å². The van der Waals surface area contributed by atoms with E-state index in [0.29, 0.717) is 0 Å². The van der Waals surface area contributed by atoms with Crippen LogP contribution in [0.25, 0.3) is 0 Å². The third kappa shape index (κ3) is 0.232. The largest absolute Gasteiger partial charge is 0.289 e. The minimum atomic E-state index is 0.0880. The Hall–Kier alpha value is -0.590. The standard InChI is InChI=1S/C4H3O/c1-3-2-4(3)5/h1H3. The third-order valence-electron chi connectivity index (χ3n) is 0.579. The van der Waals surface area contributed by atoms with Crippen molar-refractivity contribution in [3.8, 4) is 0 Å². The molecule has 0 bridgehead atoms. The fraction of sp³-hybridized carbons (Fsp3) is 0.250. The van der Waals surface area contributed by atoms with Crippen molar-refractivity contribution >= 4 is 0 Å². The molecule has 0 heterocycles. The van der Waals surface area contributed by atoms with Crippen molar-refractivity contribution < 1.29 is 0 Å². The normalized spacial score (nSPS) is 9.80. The molecule has 0 aliphatic heterocycles. The number of aryl methyl sites for hydroxylation is 1. The van der Waals surface area contributed by atoms with E-state index in [9.17, 15) is 4.79 Å². The zero-order chi connectivity index (χ0) is 3.86. The van der Waals surface area contributed by atoms with Gasteiger partial charge in [0.15, 0.2) is 5.43 Å². The molecule has 0 saturated heterocycles. The molecule has 0 unspecified atom stereocenters. The first-order valence-electron chi connectivity index (χ1n) is 1.45. The van der Waals surface area contributed by atoms with E-state index in [0.717, 1.165) is 5.56 Å². The van der Waals surface area contributed by atoms with E-state index in [2.05, 4.69) is 6.07 Å². The number of hydrogen-bond donors (Lipinski definition) is 0. The molecule has 1 radical (unpaired) electrons. The second-order valence-electron chi connectivity index (χ2n) is 1.08. The Morgan fingerprint density at radius 1 is 1.80 bits per heavy atom. The Balaban J connectivity index is 3.15. The molecule has 0 aromatic heterocycles. The van der Waals surface area contributed by atoms with Crippen LogP contribution in [0.15, 0.2) is 4.79 Å². The average molecular weight is 67.1 g/mol. The van der Waals surface area contributed by atoms with E-state index >= 15 is 0 Å². The summed E-state index contributed by atoms with van der Waals surface area (Å²) in [6.45, 7) is 1.75. The average Bonchev–Trinajstić information content (AvgIpc) is 1.79. The summed E-state index contributed by atoms with van der Waals surface area (Å²) in [6, 6.07) is 2.47. The lowest BCUT2D eigenvalue weighted by Gasteiger charge is -1.39. The quantitative estimate of drug-likeness (QED) is 0.418. The van der Waals surface area contributed by atoms with Gasteiger partial charge in [-0.05, 0) is 6.92 Å². The van der Waals surface area contributed by atoms with E-state index < -0.39 is 0 Å². The first-order chi connectivity index (χ1) is 2.30. The smallest absolute Gasteiger partial charge is 0.190 e. The van der Waals surface area contributed by atoms with Crippen molar-refractivity contribution in [1.29, 1.82) is 0 Å². The highest BCUT2D eigenvalue weighted by Gasteiger charge is 1.97. The summed E-state index contributed by atoms with van der Waals surface area (Å²) in [7, 11) is 0. The Bertz CT molecular complexity index is 135. The first-order valence-corrected chi connectivity index (χ1v) is 1.45. The lowest BCUT2D eigenvalue weighted by Crippen LogP contribution is -1.68. The Kier molecular flexibility index (Phi) is 0.254. The van der Waals surface area contributed by atoms with Crippen LogP contribution in [0.4, 0.5) is 0 Å². The van der Waals surface area contributed by atoms with Gasteiger partial charge in [0.1, 0.15) is 0 Å². The third-order valence-corrected chi connectivity index (χ3v) is 0.579. The van der Waals surface area contributed by atoms with Gasteiger partial charge in [0.05, 0.1) is 0 Å². The highest BCUT2D eigenvalue weighted by molar-refractivity contribution is 5.17. The van der Waals surface area contributed by atoms with Crippen molar-refractivity contribution in [3.05, 3.63) is 21.9 Å². The topological polar surface area (TPSA) is 17.1 Å². The molecular weight excluding hydrogens is 64.0 g/mol. The summed E-state index contributed by atoms with van der Waals surface area (Å²) in [5.74, 6) is 0. The molecule has 1 aromatic rings. The van der Waals surface area contributed by atoms with Crippen molar-refractivity contribution in [2.24, 2.45) is 0 Å². The monoisotopic (exact) mass is 67.0 g/mol. The van der Waals surface area contributed by atoms with Crippen molar-refractivity contribution in [3.63, 3.8) is 0 Å². The minimum absolute atomic E-state index is 0.0880. The van der Waals surface area contributed by atoms with Crippen molar-refractivity contribution in [1.82, 2.24) is 0 Å². The van der Waals surface area contributed by atoms with Gasteiger partial charge in [-0.2, -0.15) is 0 Å². The van der Waals surface area contributed by atoms with Gasteiger partial charge in [-0.25, -0.2) is 0 Å². The molecule has 0 N–H and O–H groups in total. The molecule has 0 aliphatic carbocycles. The summed E-state index contributed by atoms with van der Waals surface area (Å²) in [6.07, 6.45) is 0. The van der Waals surface area contributed by atoms with Crippen molar-refractivity contribution in [2.45, 2.75) is 6.92 Å². The van der Waals surface area contributed by atoms with Crippen LogP contribution in [0.1, 0.15) is 5.56 Å². The zero-order valence-corrected chi connectivity index (χ0v) is 2.91. The van der Waals surface area contributed by atoms with Gasteiger partial charge < -0.3 is 0 Å². The van der Waals surface area contributed by atoms with Gasteiger partial charge in [-0.3, -0.25) is 4.79 Å². The van der Waals surface area contributed by atoms with Crippen LogP contribution in [0.5, 0.6) is 0 Å². The molecule has 1 nitrogen and oxygen atoms in total. The fourth-order valence-electron chi connectivity index (χ4n) is 0.139. The lowest BCUT2D eigenvalue weighted by molar-refractivity contribution is 1.65. The summed E-state index contributed by atoms with van der Waals surface area (Å²) < 4.78 is 0. The van der Waals surface area contributed by atoms with Gasteiger partial charge in [0.25, 0.3) is 0 Å². The maximum absolute atomic E-state index is 9.74. The molecular formula is C4H3O. The van der Waals surface area contributed by atoms with E-state index in [4.69, 9.17) is 0 Å². The van der Waals surface area contributed by atoms with E-state index in [1.165, 1.54) is 0 Å². The summed E-state index contributed by atoms with van der Waals surface area (Å²) in [5.41, 5.74) is 0.870. The highest BCUT2D eigenvalue weighted by Crippen LogP contribution is 1.83. The van der Waals surface area contributed by atoms with Gasteiger partial charge in [0, 0.05) is 11.6 Å². The minimum Gasteiger partial charge on any atom is -0.289 e. The molecule has 0 amide bonds. The fourth-order valence-corrected chi connectivity index (χ4v) is 0.139. The molecule has 0 atom stereocenters.